The van der Waals surface area contributed by atoms with Gasteiger partial charge in [-0.05, 0) is 30.7 Å². The highest BCUT2D eigenvalue weighted by molar-refractivity contribution is 6.31. The van der Waals surface area contributed by atoms with Crippen LogP contribution >= 0.6 is 11.6 Å². The predicted molar refractivity (Wildman–Crippen MR) is 84.3 cm³/mol. The molecule has 0 spiro atoms. The molecule has 2 rings (SSSR count). The fourth-order valence-electron chi connectivity index (χ4n) is 1.71. The first kappa shape index (κ1) is 15.0. The summed E-state index contributed by atoms with van der Waals surface area (Å²) in [5.41, 5.74) is 8.00. The number of halogens is 1. The summed E-state index contributed by atoms with van der Waals surface area (Å²) in [5, 5.41) is 3.38. The van der Waals surface area contributed by atoms with Crippen LogP contribution in [0.5, 0.6) is 0 Å². The number of anilines is 1. The Balaban J connectivity index is 2.22. The number of aryl methyl sites for hydroxylation is 1. The Morgan fingerprint density at radius 3 is 2.95 bits per heavy atom. The first-order chi connectivity index (χ1) is 10.1. The van der Waals surface area contributed by atoms with E-state index in [1.165, 1.54) is 6.20 Å². The van der Waals surface area contributed by atoms with E-state index in [1.54, 1.807) is 24.4 Å². The van der Waals surface area contributed by atoms with Gasteiger partial charge in [0.05, 0.1) is 12.1 Å². The second-order valence-electron chi connectivity index (χ2n) is 4.38. The molecule has 0 unspecified atom stereocenters. The number of nitrogens with two attached hydrogens (primary N) is 1. The number of hydrogen-bond donors (Lipinski definition) is 2. The number of nitrogens with one attached hydrogen (secondary N) is 1. The van der Waals surface area contributed by atoms with E-state index in [9.17, 15) is 4.79 Å². The molecule has 1 amide bonds. The average Bonchev–Trinajstić information content (AvgIpc) is 2.49. The van der Waals surface area contributed by atoms with Crippen molar-refractivity contribution in [1.29, 1.82) is 0 Å². The Labute approximate surface area is 128 Å². The molecule has 3 N–H and O–H groups in total. The molecule has 5 heteroatoms. The largest absolute Gasteiger partial charge is 0.322 e. The third-order valence-corrected chi connectivity index (χ3v) is 3.02. The Morgan fingerprint density at radius 2 is 2.19 bits per heavy atom. The van der Waals surface area contributed by atoms with Crippen LogP contribution in [-0.4, -0.2) is 17.4 Å². The summed E-state index contributed by atoms with van der Waals surface area (Å²) in [4.78, 5) is 16.2. The first-order valence-corrected chi connectivity index (χ1v) is 6.69. The number of pyridine rings is 1. The van der Waals surface area contributed by atoms with E-state index in [0.29, 0.717) is 21.8 Å². The topological polar surface area (TPSA) is 68.0 Å². The lowest BCUT2D eigenvalue weighted by atomic mass is 10.1. The van der Waals surface area contributed by atoms with Gasteiger partial charge in [-0.25, -0.2) is 0 Å². The molecule has 106 valence electrons. The van der Waals surface area contributed by atoms with E-state index >= 15 is 0 Å². The second kappa shape index (κ2) is 6.89. The monoisotopic (exact) mass is 299 g/mol. The van der Waals surface area contributed by atoms with Crippen LogP contribution in [0, 0.1) is 18.8 Å². The van der Waals surface area contributed by atoms with Gasteiger partial charge in [0.25, 0.3) is 5.91 Å². The number of aromatic nitrogens is 1. The molecule has 2 aromatic rings. The molecule has 0 aliphatic heterocycles. The van der Waals surface area contributed by atoms with Gasteiger partial charge in [-0.1, -0.05) is 29.5 Å². The van der Waals surface area contributed by atoms with Crippen LogP contribution in [0.3, 0.4) is 0 Å². The van der Waals surface area contributed by atoms with Crippen LogP contribution < -0.4 is 11.1 Å². The van der Waals surface area contributed by atoms with E-state index in [2.05, 4.69) is 22.1 Å². The third kappa shape index (κ3) is 4.06. The van der Waals surface area contributed by atoms with Gasteiger partial charge in [0.2, 0.25) is 0 Å². The van der Waals surface area contributed by atoms with Crippen molar-refractivity contribution in [2.24, 2.45) is 5.73 Å². The Bertz CT molecular complexity index is 732. The molecule has 0 aliphatic carbocycles. The van der Waals surface area contributed by atoms with Gasteiger partial charge in [0.1, 0.15) is 0 Å². The number of nitrogens with zero attached hydrogens (tertiary/aromatic N) is 1. The summed E-state index contributed by atoms with van der Waals surface area (Å²) in [6, 6.07) is 7.00. The van der Waals surface area contributed by atoms with Crippen molar-refractivity contribution in [2.75, 3.05) is 11.9 Å². The van der Waals surface area contributed by atoms with Crippen LogP contribution in [-0.2, 0) is 0 Å². The van der Waals surface area contributed by atoms with Crippen molar-refractivity contribution in [1.82, 2.24) is 4.98 Å². The van der Waals surface area contributed by atoms with Crippen molar-refractivity contribution in [3.63, 3.8) is 0 Å². The molecule has 0 atom stereocenters. The van der Waals surface area contributed by atoms with Gasteiger partial charge >= 0.3 is 0 Å². The molecular formula is C16H14ClN3O. The minimum Gasteiger partial charge on any atom is -0.322 e. The summed E-state index contributed by atoms with van der Waals surface area (Å²) in [7, 11) is 0. The third-order valence-electron chi connectivity index (χ3n) is 2.78. The molecule has 0 saturated heterocycles. The standard InChI is InChI=1S/C16H14ClN3O/c1-11-4-5-14(17)8-15(11)20-16(21)13-7-12(3-2-6-18)9-19-10-13/h4-5,7-10H,6,18H2,1H3,(H,20,21). The van der Waals surface area contributed by atoms with Crippen molar-refractivity contribution in [3.05, 3.63) is 58.4 Å². The van der Waals surface area contributed by atoms with Gasteiger partial charge in [0.15, 0.2) is 0 Å². The van der Waals surface area contributed by atoms with E-state index in [0.717, 1.165) is 5.56 Å². The highest BCUT2D eigenvalue weighted by atomic mass is 35.5. The van der Waals surface area contributed by atoms with Crippen molar-refractivity contribution < 1.29 is 4.79 Å². The maximum absolute atomic E-state index is 12.2. The Hall–Kier alpha value is -2.35. The predicted octanol–water partition coefficient (Wildman–Crippen LogP) is 2.61. The van der Waals surface area contributed by atoms with E-state index in [1.807, 2.05) is 13.0 Å². The van der Waals surface area contributed by atoms with Gasteiger partial charge < -0.3 is 11.1 Å². The van der Waals surface area contributed by atoms with E-state index < -0.39 is 0 Å². The summed E-state index contributed by atoms with van der Waals surface area (Å²) in [6.45, 7) is 2.16. The summed E-state index contributed by atoms with van der Waals surface area (Å²) >= 11 is 5.93. The second-order valence-corrected chi connectivity index (χ2v) is 4.82. The van der Waals surface area contributed by atoms with Crippen LogP contribution in [0.1, 0.15) is 21.5 Å². The number of rotatable bonds is 2. The minimum absolute atomic E-state index is 0.260. The zero-order chi connectivity index (χ0) is 15.2. The van der Waals surface area contributed by atoms with Gasteiger partial charge in [-0.15, -0.1) is 0 Å². The number of carbonyl (C=O) groups is 1. The average molecular weight is 300 g/mol. The number of hydrogen-bond acceptors (Lipinski definition) is 3. The fourth-order valence-corrected chi connectivity index (χ4v) is 1.88. The molecule has 21 heavy (non-hydrogen) atoms. The van der Waals surface area contributed by atoms with Crippen LogP contribution in [0.4, 0.5) is 5.69 Å². The van der Waals surface area contributed by atoms with Crippen LogP contribution in [0.2, 0.25) is 5.02 Å². The lowest BCUT2D eigenvalue weighted by Crippen LogP contribution is -2.13. The van der Waals surface area contributed by atoms with Crippen LogP contribution in [0.15, 0.2) is 36.7 Å². The lowest BCUT2D eigenvalue weighted by molar-refractivity contribution is 0.102. The lowest BCUT2D eigenvalue weighted by Gasteiger charge is -2.08. The number of amides is 1. The highest BCUT2D eigenvalue weighted by Crippen LogP contribution is 2.20. The minimum atomic E-state index is -0.260. The molecule has 0 radical (unpaired) electrons. The fraction of sp³-hybridized carbons (Fsp3) is 0.125. The summed E-state index contributed by atoms with van der Waals surface area (Å²) in [5.74, 6) is 5.31. The molecule has 1 aromatic carbocycles. The first-order valence-electron chi connectivity index (χ1n) is 6.31. The molecule has 0 aliphatic rings. The van der Waals surface area contributed by atoms with Crippen molar-refractivity contribution >= 4 is 23.2 Å². The maximum atomic E-state index is 12.2. The smallest absolute Gasteiger partial charge is 0.257 e. The summed E-state index contributed by atoms with van der Waals surface area (Å²) < 4.78 is 0. The van der Waals surface area contributed by atoms with E-state index in [4.69, 9.17) is 17.3 Å². The maximum Gasteiger partial charge on any atom is 0.257 e. The highest BCUT2D eigenvalue weighted by Gasteiger charge is 2.09. The Kier molecular flexibility index (Phi) is 4.94. The Morgan fingerprint density at radius 1 is 1.38 bits per heavy atom. The molecule has 0 saturated carbocycles. The quantitative estimate of drug-likeness (QED) is 0.838. The molecule has 1 aromatic heterocycles. The number of benzene rings is 1. The molecular weight excluding hydrogens is 286 g/mol. The molecule has 0 fully saturated rings. The van der Waals surface area contributed by atoms with Crippen molar-refractivity contribution in [2.45, 2.75) is 6.92 Å². The van der Waals surface area contributed by atoms with Crippen LogP contribution in [0.25, 0.3) is 0 Å². The SMILES string of the molecule is Cc1ccc(Cl)cc1NC(=O)c1cncc(C#CCN)c1. The summed E-state index contributed by atoms with van der Waals surface area (Å²) in [6.07, 6.45) is 3.08. The molecule has 4 nitrogen and oxygen atoms in total. The van der Waals surface area contributed by atoms with Gasteiger partial charge in [-0.3, -0.25) is 9.78 Å². The molecule has 0 bridgehead atoms. The number of carbonyl (C=O) groups excluding carboxylic acids is 1. The zero-order valence-electron chi connectivity index (χ0n) is 11.5. The normalized spacial score (nSPS) is 9.67. The van der Waals surface area contributed by atoms with E-state index in [-0.39, 0.29) is 12.5 Å². The zero-order valence-corrected chi connectivity index (χ0v) is 12.2. The van der Waals surface area contributed by atoms with Gasteiger partial charge in [-0.2, -0.15) is 0 Å². The van der Waals surface area contributed by atoms with Gasteiger partial charge in [0, 0.05) is 28.7 Å². The molecule has 1 heterocycles. The van der Waals surface area contributed by atoms with Crippen molar-refractivity contribution in [3.8, 4) is 11.8 Å².